The van der Waals surface area contributed by atoms with Crippen LogP contribution in [-0.2, 0) is 9.31 Å². The lowest BCUT2D eigenvalue weighted by Crippen LogP contribution is -2.41. The second kappa shape index (κ2) is 4.41. The zero-order chi connectivity index (χ0) is 13.7. The highest BCUT2D eigenvalue weighted by atomic mass is 35.5. The van der Waals surface area contributed by atoms with E-state index < -0.39 is 7.12 Å². The van der Waals surface area contributed by atoms with Gasteiger partial charge in [0.05, 0.1) is 11.2 Å². The van der Waals surface area contributed by atoms with Gasteiger partial charge in [0.15, 0.2) is 0 Å². The monoisotopic (exact) mass is 286 g/mol. The molecule has 0 saturated carbocycles. The van der Waals surface area contributed by atoms with Crippen LogP contribution >= 0.6 is 23.2 Å². The van der Waals surface area contributed by atoms with Crippen molar-refractivity contribution < 1.29 is 9.31 Å². The molecule has 0 aromatic heterocycles. The van der Waals surface area contributed by atoms with E-state index in [1.807, 2.05) is 40.7 Å². The van der Waals surface area contributed by atoms with Crippen molar-refractivity contribution in [3.05, 3.63) is 27.7 Å². The van der Waals surface area contributed by atoms with Gasteiger partial charge in [-0.3, -0.25) is 0 Å². The summed E-state index contributed by atoms with van der Waals surface area (Å²) in [4.78, 5) is 0. The molecule has 98 valence electrons. The van der Waals surface area contributed by atoms with E-state index in [1.165, 1.54) is 0 Å². The van der Waals surface area contributed by atoms with Gasteiger partial charge in [0.1, 0.15) is 0 Å². The molecule has 0 unspecified atom stereocenters. The predicted octanol–water partition coefficient (Wildman–Crippen LogP) is 3.60. The van der Waals surface area contributed by atoms with Crippen molar-refractivity contribution in [2.24, 2.45) is 0 Å². The van der Waals surface area contributed by atoms with Crippen molar-refractivity contribution in [2.75, 3.05) is 0 Å². The van der Waals surface area contributed by atoms with Gasteiger partial charge in [-0.05, 0) is 46.2 Å². The molecule has 0 atom stereocenters. The van der Waals surface area contributed by atoms with Gasteiger partial charge >= 0.3 is 7.12 Å². The molecule has 0 amide bonds. The highest BCUT2D eigenvalue weighted by Crippen LogP contribution is 2.37. The Labute approximate surface area is 119 Å². The number of halogens is 2. The van der Waals surface area contributed by atoms with Crippen LogP contribution in [0.5, 0.6) is 0 Å². The molecule has 1 aromatic rings. The maximum atomic E-state index is 6.22. The molecule has 1 aliphatic rings. The Kier molecular flexibility index (Phi) is 3.48. The number of benzene rings is 1. The highest BCUT2D eigenvalue weighted by Gasteiger charge is 2.52. The van der Waals surface area contributed by atoms with Crippen LogP contribution in [0.1, 0.15) is 33.3 Å². The van der Waals surface area contributed by atoms with E-state index in [9.17, 15) is 0 Å². The molecule has 0 N–H and O–H groups in total. The number of aryl methyl sites for hydroxylation is 1. The third-order valence-corrected chi connectivity index (χ3v) is 4.52. The van der Waals surface area contributed by atoms with Gasteiger partial charge in [-0.25, -0.2) is 0 Å². The summed E-state index contributed by atoms with van der Waals surface area (Å²) >= 11 is 12.3. The summed E-state index contributed by atoms with van der Waals surface area (Å²) in [6, 6.07) is 3.66. The minimum atomic E-state index is -0.446. The van der Waals surface area contributed by atoms with Crippen molar-refractivity contribution in [1.29, 1.82) is 0 Å². The van der Waals surface area contributed by atoms with Gasteiger partial charge in [-0.1, -0.05) is 29.3 Å². The van der Waals surface area contributed by atoms with Crippen LogP contribution in [-0.4, -0.2) is 18.3 Å². The van der Waals surface area contributed by atoms with E-state index in [2.05, 4.69) is 0 Å². The van der Waals surface area contributed by atoms with Gasteiger partial charge in [-0.15, -0.1) is 0 Å². The number of hydrogen-bond acceptors (Lipinski definition) is 2. The van der Waals surface area contributed by atoms with Gasteiger partial charge in [-0.2, -0.15) is 0 Å². The van der Waals surface area contributed by atoms with Crippen LogP contribution in [0, 0.1) is 6.92 Å². The third-order valence-electron chi connectivity index (χ3n) is 3.79. The smallest absolute Gasteiger partial charge is 0.399 e. The summed E-state index contributed by atoms with van der Waals surface area (Å²) in [5, 5.41) is 1.23. The van der Waals surface area contributed by atoms with Crippen molar-refractivity contribution in [1.82, 2.24) is 0 Å². The topological polar surface area (TPSA) is 18.5 Å². The van der Waals surface area contributed by atoms with Gasteiger partial charge in [0, 0.05) is 15.5 Å². The largest absolute Gasteiger partial charge is 0.496 e. The summed E-state index contributed by atoms with van der Waals surface area (Å²) in [6.07, 6.45) is 0. The Bertz CT molecular complexity index is 470. The minimum Gasteiger partial charge on any atom is -0.399 e. The molecule has 0 spiro atoms. The average Bonchev–Trinajstić information content (AvgIpc) is 2.42. The second-order valence-electron chi connectivity index (χ2n) is 5.71. The summed E-state index contributed by atoms with van der Waals surface area (Å²) in [5.74, 6) is 0. The lowest BCUT2D eigenvalue weighted by molar-refractivity contribution is 0.00578. The minimum absolute atomic E-state index is 0.367. The molecule has 18 heavy (non-hydrogen) atoms. The molecule has 1 aromatic carbocycles. The molecule has 5 heteroatoms. The first-order valence-corrected chi connectivity index (χ1v) is 6.71. The van der Waals surface area contributed by atoms with Gasteiger partial charge in [0.2, 0.25) is 0 Å². The lowest BCUT2D eigenvalue weighted by Gasteiger charge is -2.32. The zero-order valence-electron chi connectivity index (χ0n) is 11.3. The van der Waals surface area contributed by atoms with Crippen molar-refractivity contribution in [3.63, 3.8) is 0 Å². The van der Waals surface area contributed by atoms with Crippen molar-refractivity contribution >= 4 is 35.8 Å². The van der Waals surface area contributed by atoms with Crippen LogP contribution in [0.3, 0.4) is 0 Å². The van der Waals surface area contributed by atoms with E-state index >= 15 is 0 Å². The van der Waals surface area contributed by atoms with Crippen molar-refractivity contribution in [2.45, 2.75) is 45.8 Å². The summed E-state index contributed by atoms with van der Waals surface area (Å²) < 4.78 is 12.0. The third kappa shape index (κ3) is 2.29. The van der Waals surface area contributed by atoms with E-state index in [4.69, 9.17) is 32.5 Å². The first kappa shape index (κ1) is 14.2. The highest BCUT2D eigenvalue weighted by molar-refractivity contribution is 6.65. The molecule has 2 rings (SSSR count). The van der Waals surface area contributed by atoms with E-state index in [0.717, 1.165) is 11.0 Å². The Morgan fingerprint density at radius 3 is 1.94 bits per heavy atom. The zero-order valence-corrected chi connectivity index (χ0v) is 12.8. The quantitative estimate of drug-likeness (QED) is 0.735. The average molecular weight is 287 g/mol. The molecule has 1 fully saturated rings. The SMILES string of the molecule is Cc1cc(B2OC(C)(C)C(C)(C)O2)c(Cl)cc1Cl. The van der Waals surface area contributed by atoms with Crippen LogP contribution in [0.2, 0.25) is 10.0 Å². The fourth-order valence-electron chi connectivity index (χ4n) is 1.83. The van der Waals surface area contributed by atoms with Crippen LogP contribution in [0.4, 0.5) is 0 Å². The second-order valence-corrected chi connectivity index (χ2v) is 6.53. The molecule has 1 saturated heterocycles. The van der Waals surface area contributed by atoms with E-state index in [0.29, 0.717) is 10.0 Å². The fourth-order valence-corrected chi connectivity index (χ4v) is 2.30. The molecule has 1 aliphatic heterocycles. The summed E-state index contributed by atoms with van der Waals surface area (Å²) in [6.45, 7) is 10.0. The van der Waals surface area contributed by atoms with Gasteiger partial charge < -0.3 is 9.31 Å². The summed E-state index contributed by atoms with van der Waals surface area (Å²) in [5.41, 5.74) is 1.06. The summed E-state index contributed by atoms with van der Waals surface area (Å²) in [7, 11) is -0.446. The van der Waals surface area contributed by atoms with E-state index in [-0.39, 0.29) is 11.2 Å². The maximum absolute atomic E-state index is 6.22. The van der Waals surface area contributed by atoms with Crippen LogP contribution in [0.15, 0.2) is 12.1 Å². The molecular formula is C13H17BCl2O2. The predicted molar refractivity (Wildman–Crippen MR) is 76.9 cm³/mol. The molecule has 2 nitrogen and oxygen atoms in total. The number of hydrogen-bond donors (Lipinski definition) is 0. The molecule has 0 aliphatic carbocycles. The molecule has 0 radical (unpaired) electrons. The molecular weight excluding hydrogens is 270 g/mol. The standard InChI is InChI=1S/C13H17BCl2O2/c1-8-6-9(11(16)7-10(8)15)14-17-12(2,3)13(4,5)18-14/h6-7H,1-5H3. The van der Waals surface area contributed by atoms with Crippen molar-refractivity contribution in [3.8, 4) is 0 Å². The first-order valence-electron chi connectivity index (χ1n) is 5.95. The Morgan fingerprint density at radius 2 is 1.44 bits per heavy atom. The van der Waals surface area contributed by atoms with E-state index in [1.54, 1.807) is 6.07 Å². The Balaban J connectivity index is 2.38. The van der Waals surface area contributed by atoms with Crippen LogP contribution in [0.25, 0.3) is 0 Å². The fraction of sp³-hybridized carbons (Fsp3) is 0.538. The number of rotatable bonds is 1. The first-order chi connectivity index (χ1) is 8.14. The lowest BCUT2D eigenvalue weighted by atomic mass is 9.78. The maximum Gasteiger partial charge on any atom is 0.496 e. The normalized spacial score (nSPS) is 21.4. The van der Waals surface area contributed by atoms with Crippen LogP contribution < -0.4 is 5.46 Å². The molecule has 0 bridgehead atoms. The van der Waals surface area contributed by atoms with Gasteiger partial charge in [0.25, 0.3) is 0 Å². The molecule has 1 heterocycles. The Morgan fingerprint density at radius 1 is 0.944 bits per heavy atom. The Hall–Kier alpha value is -0.215.